The topological polar surface area (TPSA) is 108 Å². The monoisotopic (exact) mass is 450 g/mol. The number of hydrogen-bond donors (Lipinski definition) is 1. The SMILES string of the molecule is CCn1c(SCC(=O)Nc2ccc(OC)cc2)nnc1-c1nc(-c2cccc(C)c2)no1. The number of amides is 1. The summed E-state index contributed by atoms with van der Waals surface area (Å²) in [5, 5.41) is 16.0. The fourth-order valence-corrected chi connectivity index (χ4v) is 3.86. The average molecular weight is 451 g/mol. The number of rotatable bonds is 8. The molecule has 0 aliphatic heterocycles. The molecule has 0 radical (unpaired) electrons. The highest BCUT2D eigenvalue weighted by Crippen LogP contribution is 2.25. The number of anilines is 1. The number of carbonyl (C=O) groups excluding carboxylic acids is 1. The lowest BCUT2D eigenvalue weighted by Gasteiger charge is -2.07. The molecule has 0 aliphatic carbocycles. The lowest BCUT2D eigenvalue weighted by molar-refractivity contribution is -0.113. The Morgan fingerprint density at radius 3 is 2.72 bits per heavy atom. The first-order valence-electron chi connectivity index (χ1n) is 9.98. The first-order valence-corrected chi connectivity index (χ1v) is 11.0. The number of hydrogen-bond acceptors (Lipinski definition) is 8. The van der Waals surface area contributed by atoms with E-state index in [1.807, 2.05) is 42.7 Å². The number of methoxy groups -OCH3 is 1. The van der Waals surface area contributed by atoms with Crippen molar-refractivity contribution in [2.24, 2.45) is 0 Å². The summed E-state index contributed by atoms with van der Waals surface area (Å²) in [5.41, 5.74) is 2.67. The van der Waals surface area contributed by atoms with E-state index in [4.69, 9.17) is 9.26 Å². The molecule has 2 heterocycles. The van der Waals surface area contributed by atoms with Crippen LogP contribution in [0.25, 0.3) is 23.1 Å². The van der Waals surface area contributed by atoms with E-state index in [0.717, 1.165) is 16.9 Å². The van der Waals surface area contributed by atoms with E-state index in [-0.39, 0.29) is 17.6 Å². The molecule has 2 aromatic heterocycles. The zero-order valence-corrected chi connectivity index (χ0v) is 18.7. The zero-order chi connectivity index (χ0) is 22.5. The van der Waals surface area contributed by atoms with Crippen LogP contribution in [0, 0.1) is 6.92 Å². The predicted octanol–water partition coefficient (Wildman–Crippen LogP) is 4.06. The van der Waals surface area contributed by atoms with Crippen molar-refractivity contribution >= 4 is 23.4 Å². The number of thioether (sulfide) groups is 1. The van der Waals surface area contributed by atoms with Crippen LogP contribution in [0.5, 0.6) is 5.75 Å². The van der Waals surface area contributed by atoms with Crippen LogP contribution in [0.4, 0.5) is 5.69 Å². The highest BCUT2D eigenvalue weighted by atomic mass is 32.2. The van der Waals surface area contributed by atoms with Gasteiger partial charge in [-0.1, -0.05) is 40.7 Å². The van der Waals surface area contributed by atoms with Gasteiger partial charge in [0.2, 0.25) is 17.6 Å². The van der Waals surface area contributed by atoms with E-state index in [1.54, 1.807) is 31.4 Å². The van der Waals surface area contributed by atoms with Gasteiger partial charge in [-0.3, -0.25) is 9.36 Å². The maximum Gasteiger partial charge on any atom is 0.296 e. The quantitative estimate of drug-likeness (QED) is 0.400. The predicted molar refractivity (Wildman–Crippen MR) is 122 cm³/mol. The van der Waals surface area contributed by atoms with E-state index >= 15 is 0 Å². The Bertz CT molecular complexity index is 1220. The molecule has 0 atom stereocenters. The Morgan fingerprint density at radius 2 is 2.00 bits per heavy atom. The third kappa shape index (κ3) is 4.80. The summed E-state index contributed by atoms with van der Waals surface area (Å²) in [4.78, 5) is 16.8. The summed E-state index contributed by atoms with van der Waals surface area (Å²) in [6, 6.07) is 15.0. The lowest BCUT2D eigenvalue weighted by atomic mass is 10.1. The van der Waals surface area contributed by atoms with Gasteiger partial charge in [0.05, 0.1) is 12.9 Å². The van der Waals surface area contributed by atoms with Crippen LogP contribution in [0.1, 0.15) is 12.5 Å². The highest BCUT2D eigenvalue weighted by Gasteiger charge is 2.20. The van der Waals surface area contributed by atoms with Gasteiger partial charge in [0.1, 0.15) is 5.75 Å². The van der Waals surface area contributed by atoms with Crippen molar-refractivity contribution in [1.82, 2.24) is 24.9 Å². The molecule has 0 aliphatic rings. The number of aromatic nitrogens is 5. The van der Waals surface area contributed by atoms with Gasteiger partial charge in [-0.15, -0.1) is 10.2 Å². The molecule has 0 saturated carbocycles. The maximum absolute atomic E-state index is 12.3. The van der Waals surface area contributed by atoms with Crippen LogP contribution in [-0.4, -0.2) is 43.7 Å². The van der Waals surface area contributed by atoms with Crippen molar-refractivity contribution in [3.8, 4) is 28.9 Å². The van der Waals surface area contributed by atoms with Gasteiger partial charge in [-0.05, 0) is 44.2 Å². The minimum atomic E-state index is -0.146. The largest absolute Gasteiger partial charge is 0.497 e. The second-order valence-corrected chi connectivity index (χ2v) is 7.85. The number of carbonyl (C=O) groups is 1. The van der Waals surface area contributed by atoms with Crippen molar-refractivity contribution in [2.45, 2.75) is 25.5 Å². The van der Waals surface area contributed by atoms with Crippen molar-refractivity contribution in [3.63, 3.8) is 0 Å². The van der Waals surface area contributed by atoms with Gasteiger partial charge < -0.3 is 14.6 Å². The molecular formula is C22H22N6O3S. The molecule has 0 bridgehead atoms. The van der Waals surface area contributed by atoms with Crippen LogP contribution in [0.2, 0.25) is 0 Å². The fourth-order valence-electron chi connectivity index (χ4n) is 3.06. The molecule has 0 fully saturated rings. The summed E-state index contributed by atoms with van der Waals surface area (Å²) in [6.45, 7) is 4.56. The molecule has 4 rings (SSSR count). The van der Waals surface area contributed by atoms with Gasteiger partial charge in [-0.25, -0.2) is 0 Å². The van der Waals surface area contributed by atoms with Crippen molar-refractivity contribution in [2.75, 3.05) is 18.2 Å². The summed E-state index contributed by atoms with van der Waals surface area (Å²) < 4.78 is 12.4. The standard InChI is InChI=1S/C22H22N6O3S/c1-4-28-20(21-24-19(27-31-21)15-7-5-6-14(2)12-15)25-26-22(28)32-13-18(29)23-16-8-10-17(30-3)11-9-16/h5-12H,4,13H2,1-3H3,(H,23,29). The highest BCUT2D eigenvalue weighted by molar-refractivity contribution is 7.99. The number of nitrogens with one attached hydrogen (secondary N) is 1. The van der Waals surface area contributed by atoms with Crippen molar-refractivity contribution < 1.29 is 14.1 Å². The van der Waals surface area contributed by atoms with E-state index in [1.165, 1.54) is 11.8 Å². The van der Waals surface area contributed by atoms with E-state index in [9.17, 15) is 4.79 Å². The molecule has 2 aromatic carbocycles. The van der Waals surface area contributed by atoms with Gasteiger partial charge in [0.25, 0.3) is 5.89 Å². The second kappa shape index (κ2) is 9.65. The van der Waals surface area contributed by atoms with Crippen LogP contribution >= 0.6 is 11.8 Å². The third-order valence-corrected chi connectivity index (χ3v) is 5.60. The second-order valence-electron chi connectivity index (χ2n) is 6.91. The van der Waals surface area contributed by atoms with Crippen LogP contribution in [0.3, 0.4) is 0 Å². The van der Waals surface area contributed by atoms with E-state index in [2.05, 4.69) is 25.7 Å². The lowest BCUT2D eigenvalue weighted by Crippen LogP contribution is -2.14. The molecule has 0 spiro atoms. The van der Waals surface area contributed by atoms with Gasteiger partial charge in [0, 0.05) is 17.8 Å². The molecule has 164 valence electrons. The molecule has 4 aromatic rings. The van der Waals surface area contributed by atoms with Crippen LogP contribution in [-0.2, 0) is 11.3 Å². The molecular weight excluding hydrogens is 428 g/mol. The van der Waals surface area contributed by atoms with Crippen LogP contribution in [0.15, 0.2) is 58.2 Å². The Labute approximate surface area is 189 Å². The van der Waals surface area contributed by atoms with Crippen molar-refractivity contribution in [3.05, 3.63) is 54.1 Å². The van der Waals surface area contributed by atoms with E-state index < -0.39 is 0 Å². The normalized spacial score (nSPS) is 10.8. The molecule has 0 unspecified atom stereocenters. The first kappa shape index (κ1) is 21.6. The first-order chi connectivity index (χ1) is 15.6. The van der Waals surface area contributed by atoms with Gasteiger partial charge >= 0.3 is 0 Å². The summed E-state index contributed by atoms with van der Waals surface area (Å²) >= 11 is 1.29. The smallest absolute Gasteiger partial charge is 0.296 e. The number of nitrogens with zero attached hydrogens (tertiary/aromatic N) is 5. The Balaban J connectivity index is 1.44. The summed E-state index contributed by atoms with van der Waals surface area (Å²) in [6.07, 6.45) is 0. The molecule has 1 N–H and O–H groups in total. The average Bonchev–Trinajstić information content (AvgIpc) is 3.45. The summed E-state index contributed by atoms with van der Waals surface area (Å²) in [7, 11) is 1.60. The number of ether oxygens (including phenoxy) is 1. The number of aryl methyl sites for hydroxylation is 1. The molecule has 10 heteroatoms. The van der Waals surface area contributed by atoms with E-state index in [0.29, 0.717) is 29.0 Å². The van der Waals surface area contributed by atoms with Crippen molar-refractivity contribution in [1.29, 1.82) is 0 Å². The zero-order valence-electron chi connectivity index (χ0n) is 17.9. The summed E-state index contributed by atoms with van der Waals surface area (Å²) in [5.74, 6) is 2.01. The molecule has 0 saturated heterocycles. The number of benzene rings is 2. The Kier molecular flexibility index (Phi) is 6.50. The maximum atomic E-state index is 12.3. The van der Waals surface area contributed by atoms with Gasteiger partial charge in [-0.2, -0.15) is 4.98 Å². The molecule has 1 amide bonds. The Hall–Kier alpha value is -3.66. The minimum absolute atomic E-state index is 0.146. The third-order valence-electron chi connectivity index (χ3n) is 4.63. The minimum Gasteiger partial charge on any atom is -0.497 e. The fraction of sp³-hybridized carbons (Fsp3) is 0.227. The Morgan fingerprint density at radius 1 is 1.19 bits per heavy atom. The molecule has 9 nitrogen and oxygen atoms in total. The van der Waals surface area contributed by atoms with Crippen LogP contribution < -0.4 is 10.1 Å². The molecule has 32 heavy (non-hydrogen) atoms. The van der Waals surface area contributed by atoms with Gasteiger partial charge in [0.15, 0.2) is 5.16 Å².